The van der Waals surface area contributed by atoms with Crippen LogP contribution < -0.4 is 0 Å². The van der Waals surface area contributed by atoms with E-state index in [1.165, 1.54) is 11.6 Å². The molecular formula is C15H24O2. The Morgan fingerprint density at radius 1 is 1.35 bits per heavy atom. The quantitative estimate of drug-likeness (QED) is 0.408. The molecule has 2 heteroatoms. The van der Waals surface area contributed by atoms with Crippen LogP contribution in [0.4, 0.5) is 0 Å². The largest absolute Gasteiger partial charge is 0.478 e. The normalized spacial score (nSPS) is 15.9. The molecule has 0 aliphatic carbocycles. The summed E-state index contributed by atoms with van der Waals surface area (Å²) in [4.78, 5) is 10.4. The average Bonchev–Trinajstić information content (AvgIpc) is 2.15. The third-order valence-electron chi connectivity index (χ3n) is 2.87. The van der Waals surface area contributed by atoms with Gasteiger partial charge < -0.3 is 5.11 Å². The van der Waals surface area contributed by atoms with Gasteiger partial charge in [-0.05, 0) is 44.1 Å². The second-order valence-electron chi connectivity index (χ2n) is 4.95. The fraction of sp³-hybridized carbons (Fsp3) is 0.533. The van der Waals surface area contributed by atoms with E-state index in [2.05, 4.69) is 27.4 Å². The Kier molecular flexibility index (Phi) is 7.27. The van der Waals surface area contributed by atoms with E-state index in [0.29, 0.717) is 11.8 Å². The van der Waals surface area contributed by atoms with Crippen molar-refractivity contribution in [2.24, 2.45) is 11.8 Å². The molecule has 0 heterocycles. The lowest BCUT2D eigenvalue weighted by Gasteiger charge is -2.15. The number of carbonyl (C=O) groups is 1. The van der Waals surface area contributed by atoms with Crippen molar-refractivity contribution in [3.63, 3.8) is 0 Å². The number of hydrogen-bond acceptors (Lipinski definition) is 1. The van der Waals surface area contributed by atoms with Gasteiger partial charge in [0.2, 0.25) is 0 Å². The van der Waals surface area contributed by atoms with Gasteiger partial charge in [-0.2, -0.15) is 0 Å². The summed E-state index contributed by atoms with van der Waals surface area (Å²) < 4.78 is 0. The number of carboxylic acids is 1. The van der Waals surface area contributed by atoms with Gasteiger partial charge in [0.15, 0.2) is 0 Å². The maximum Gasteiger partial charge on any atom is 0.328 e. The van der Waals surface area contributed by atoms with Gasteiger partial charge in [-0.1, -0.05) is 38.2 Å². The Balaban J connectivity index is 4.07. The van der Waals surface area contributed by atoms with Gasteiger partial charge in [0.25, 0.3) is 0 Å². The third kappa shape index (κ3) is 8.49. The maximum absolute atomic E-state index is 10.4. The summed E-state index contributed by atoms with van der Waals surface area (Å²) >= 11 is 0. The standard InChI is InChI=1S/C15H24O2/c1-11(2)14(5)9-12(3)7-6-8-13(4)10-15(16)17/h6,8,10,12,14H,1,7,9H2,2-5H3,(H,16,17)/b8-6+,13-10+. The summed E-state index contributed by atoms with van der Waals surface area (Å²) in [6, 6.07) is 0. The fourth-order valence-corrected chi connectivity index (χ4v) is 1.63. The molecule has 0 aromatic rings. The zero-order valence-corrected chi connectivity index (χ0v) is 11.4. The van der Waals surface area contributed by atoms with Gasteiger partial charge in [-0.15, -0.1) is 0 Å². The van der Waals surface area contributed by atoms with Crippen molar-refractivity contribution in [2.45, 2.75) is 40.5 Å². The van der Waals surface area contributed by atoms with Gasteiger partial charge >= 0.3 is 5.97 Å². The van der Waals surface area contributed by atoms with Crippen molar-refractivity contribution in [3.05, 3.63) is 36.0 Å². The first-order chi connectivity index (χ1) is 7.82. The molecule has 0 aromatic heterocycles. The van der Waals surface area contributed by atoms with Crippen molar-refractivity contribution in [2.75, 3.05) is 0 Å². The lowest BCUT2D eigenvalue weighted by Crippen LogP contribution is -2.03. The lowest BCUT2D eigenvalue weighted by atomic mass is 9.90. The smallest absolute Gasteiger partial charge is 0.328 e. The number of rotatable bonds is 7. The fourth-order valence-electron chi connectivity index (χ4n) is 1.63. The highest BCUT2D eigenvalue weighted by Gasteiger charge is 2.07. The molecule has 0 saturated heterocycles. The second kappa shape index (κ2) is 7.88. The first-order valence-electron chi connectivity index (χ1n) is 6.06. The topological polar surface area (TPSA) is 37.3 Å². The molecule has 0 spiro atoms. The maximum atomic E-state index is 10.4. The van der Waals surface area contributed by atoms with E-state index < -0.39 is 5.97 Å². The highest BCUT2D eigenvalue weighted by atomic mass is 16.4. The Morgan fingerprint density at radius 2 is 1.94 bits per heavy atom. The van der Waals surface area contributed by atoms with Crippen molar-refractivity contribution in [3.8, 4) is 0 Å². The molecule has 0 radical (unpaired) electrons. The molecule has 0 saturated carbocycles. The zero-order chi connectivity index (χ0) is 13.4. The highest BCUT2D eigenvalue weighted by Crippen LogP contribution is 2.20. The van der Waals surface area contributed by atoms with Crippen LogP contribution in [0.5, 0.6) is 0 Å². The van der Waals surface area contributed by atoms with Crippen molar-refractivity contribution >= 4 is 5.97 Å². The average molecular weight is 236 g/mol. The summed E-state index contributed by atoms with van der Waals surface area (Å²) in [5.74, 6) is 0.251. The molecule has 2 atom stereocenters. The SMILES string of the molecule is C=C(C)C(C)CC(C)C/C=C/C(C)=C/C(=O)O. The molecular weight excluding hydrogens is 212 g/mol. The van der Waals surface area contributed by atoms with Crippen LogP contribution in [0.3, 0.4) is 0 Å². The molecule has 0 amide bonds. The third-order valence-corrected chi connectivity index (χ3v) is 2.87. The minimum absolute atomic E-state index is 0.550. The Morgan fingerprint density at radius 3 is 2.41 bits per heavy atom. The molecule has 1 N–H and O–H groups in total. The number of allylic oxidation sites excluding steroid dienone is 4. The van der Waals surface area contributed by atoms with E-state index in [0.717, 1.165) is 18.4 Å². The van der Waals surface area contributed by atoms with E-state index in [1.807, 2.05) is 12.2 Å². The van der Waals surface area contributed by atoms with Crippen LogP contribution in [0, 0.1) is 11.8 Å². The molecule has 0 aliphatic heterocycles. The van der Waals surface area contributed by atoms with Gasteiger partial charge in [-0.25, -0.2) is 4.79 Å². The van der Waals surface area contributed by atoms with Crippen LogP contribution in [0.25, 0.3) is 0 Å². The summed E-state index contributed by atoms with van der Waals surface area (Å²) in [5, 5.41) is 8.55. The van der Waals surface area contributed by atoms with Crippen LogP contribution >= 0.6 is 0 Å². The monoisotopic (exact) mass is 236 g/mol. The van der Waals surface area contributed by atoms with E-state index in [9.17, 15) is 4.79 Å². The first-order valence-corrected chi connectivity index (χ1v) is 6.06. The van der Waals surface area contributed by atoms with Crippen LogP contribution in [0.1, 0.15) is 40.5 Å². The van der Waals surface area contributed by atoms with Crippen molar-refractivity contribution in [1.29, 1.82) is 0 Å². The predicted molar refractivity (Wildman–Crippen MR) is 72.9 cm³/mol. The molecule has 0 fully saturated rings. The molecule has 17 heavy (non-hydrogen) atoms. The molecule has 0 aliphatic rings. The predicted octanol–water partition coefficient (Wildman–Crippen LogP) is 4.20. The van der Waals surface area contributed by atoms with Gasteiger partial charge in [0.05, 0.1) is 0 Å². The van der Waals surface area contributed by atoms with Crippen molar-refractivity contribution < 1.29 is 9.90 Å². The second-order valence-corrected chi connectivity index (χ2v) is 4.95. The van der Waals surface area contributed by atoms with Crippen molar-refractivity contribution in [1.82, 2.24) is 0 Å². The van der Waals surface area contributed by atoms with Crippen LogP contribution in [0.2, 0.25) is 0 Å². The van der Waals surface area contributed by atoms with E-state index in [1.54, 1.807) is 6.92 Å². The minimum Gasteiger partial charge on any atom is -0.478 e. The molecule has 0 bridgehead atoms. The van der Waals surface area contributed by atoms with Crippen LogP contribution in [-0.2, 0) is 4.79 Å². The summed E-state index contributed by atoms with van der Waals surface area (Å²) in [6.07, 6.45) is 7.24. The Labute approximate surface area is 105 Å². The summed E-state index contributed by atoms with van der Waals surface area (Å²) in [5.41, 5.74) is 2.00. The number of aliphatic carboxylic acids is 1. The van der Waals surface area contributed by atoms with Gasteiger partial charge in [-0.3, -0.25) is 0 Å². The molecule has 2 nitrogen and oxygen atoms in total. The molecule has 0 rings (SSSR count). The molecule has 96 valence electrons. The van der Waals surface area contributed by atoms with E-state index >= 15 is 0 Å². The first kappa shape index (κ1) is 15.7. The number of carboxylic acid groups (broad SMARTS) is 1. The van der Waals surface area contributed by atoms with Crippen LogP contribution in [0.15, 0.2) is 36.0 Å². The highest BCUT2D eigenvalue weighted by molar-refractivity contribution is 5.81. The lowest BCUT2D eigenvalue weighted by molar-refractivity contribution is -0.131. The van der Waals surface area contributed by atoms with E-state index in [-0.39, 0.29) is 0 Å². The Hall–Kier alpha value is -1.31. The zero-order valence-electron chi connectivity index (χ0n) is 11.4. The van der Waals surface area contributed by atoms with Gasteiger partial charge in [0.1, 0.15) is 0 Å². The van der Waals surface area contributed by atoms with Gasteiger partial charge in [0, 0.05) is 6.08 Å². The number of hydrogen-bond donors (Lipinski definition) is 1. The molecule has 0 aromatic carbocycles. The summed E-state index contributed by atoms with van der Waals surface area (Å²) in [6.45, 7) is 12.2. The van der Waals surface area contributed by atoms with Crippen LogP contribution in [-0.4, -0.2) is 11.1 Å². The molecule has 2 unspecified atom stereocenters. The summed E-state index contributed by atoms with van der Waals surface area (Å²) in [7, 11) is 0. The van der Waals surface area contributed by atoms with E-state index in [4.69, 9.17) is 5.11 Å². The minimum atomic E-state index is -0.892. The Bertz CT molecular complexity index is 324.